The maximum atomic E-state index is 13.0. The number of carbonyl (C=O) groups excluding carboxylic acids is 3. The first-order valence-electron chi connectivity index (χ1n) is 9.46. The van der Waals surface area contributed by atoms with E-state index in [1.165, 1.54) is 0 Å². The summed E-state index contributed by atoms with van der Waals surface area (Å²) in [6.45, 7) is 6.32. The van der Waals surface area contributed by atoms with Crippen LogP contribution in [0.25, 0.3) is 5.69 Å². The Balaban J connectivity index is 1.85. The minimum atomic E-state index is -0.792. The molecule has 2 atom stereocenters. The van der Waals surface area contributed by atoms with Crippen molar-refractivity contribution in [2.75, 3.05) is 6.54 Å². The number of aromatic nitrogens is 2. The van der Waals surface area contributed by atoms with E-state index in [0.717, 1.165) is 28.8 Å². The van der Waals surface area contributed by atoms with Crippen LogP contribution < -0.4 is 5.32 Å². The first kappa shape index (κ1) is 20.3. The summed E-state index contributed by atoms with van der Waals surface area (Å²) in [6, 6.07) is 3.79. The molecule has 0 radical (unpaired) electrons. The highest BCUT2D eigenvalue weighted by atomic mass is 35.5. The largest absolute Gasteiger partial charge is 0.356 e. The number of benzene rings is 1. The summed E-state index contributed by atoms with van der Waals surface area (Å²) in [6.07, 6.45) is 4.28. The fourth-order valence-corrected chi connectivity index (χ4v) is 4.01. The van der Waals surface area contributed by atoms with Crippen LogP contribution in [0.4, 0.5) is 0 Å². The summed E-state index contributed by atoms with van der Waals surface area (Å²) in [7, 11) is 0. The average Bonchev–Trinajstić information content (AvgIpc) is 3.18. The van der Waals surface area contributed by atoms with E-state index in [4.69, 9.17) is 11.6 Å². The molecule has 1 N–H and O–H groups in total. The number of ketones is 2. The minimum absolute atomic E-state index is 0.0725. The quantitative estimate of drug-likeness (QED) is 0.753. The summed E-state index contributed by atoms with van der Waals surface area (Å²) < 4.78 is 1.66. The first-order chi connectivity index (χ1) is 13.3. The van der Waals surface area contributed by atoms with E-state index in [2.05, 4.69) is 10.4 Å². The number of rotatable bonds is 6. The van der Waals surface area contributed by atoms with Crippen LogP contribution in [0.5, 0.6) is 0 Å². The second-order valence-electron chi connectivity index (χ2n) is 7.35. The van der Waals surface area contributed by atoms with Gasteiger partial charge in [-0.25, -0.2) is 4.68 Å². The number of halogens is 1. The summed E-state index contributed by atoms with van der Waals surface area (Å²) >= 11 is 5.95. The minimum Gasteiger partial charge on any atom is -0.356 e. The third-order valence-corrected chi connectivity index (χ3v) is 5.34. The lowest BCUT2D eigenvalue weighted by Crippen LogP contribution is -2.28. The molecule has 0 spiro atoms. The highest BCUT2D eigenvalue weighted by molar-refractivity contribution is 6.30. The normalized spacial score (nSPS) is 19.3. The highest BCUT2D eigenvalue weighted by Crippen LogP contribution is 2.37. The van der Waals surface area contributed by atoms with Crippen molar-refractivity contribution in [3.8, 4) is 5.69 Å². The van der Waals surface area contributed by atoms with Crippen LogP contribution in [0.3, 0.4) is 0 Å². The average molecular weight is 402 g/mol. The van der Waals surface area contributed by atoms with Gasteiger partial charge in [0, 0.05) is 31.5 Å². The maximum absolute atomic E-state index is 13.0. The van der Waals surface area contributed by atoms with E-state index in [9.17, 15) is 14.4 Å². The lowest BCUT2D eigenvalue weighted by atomic mass is 9.87. The number of hydrogen-bond acceptors (Lipinski definition) is 4. The van der Waals surface area contributed by atoms with E-state index in [1.807, 2.05) is 32.9 Å². The van der Waals surface area contributed by atoms with E-state index < -0.39 is 11.8 Å². The van der Waals surface area contributed by atoms with Gasteiger partial charge in [0.2, 0.25) is 5.91 Å². The zero-order valence-electron chi connectivity index (χ0n) is 16.3. The van der Waals surface area contributed by atoms with Gasteiger partial charge in [-0.1, -0.05) is 18.5 Å². The molecule has 2 unspecified atom stereocenters. The van der Waals surface area contributed by atoms with E-state index in [0.29, 0.717) is 11.6 Å². The lowest BCUT2D eigenvalue weighted by Gasteiger charge is -2.17. The smallest absolute Gasteiger partial charge is 0.220 e. The molecule has 28 heavy (non-hydrogen) atoms. The number of carbonyl (C=O) groups is 3. The highest BCUT2D eigenvalue weighted by Gasteiger charge is 2.43. The van der Waals surface area contributed by atoms with Gasteiger partial charge >= 0.3 is 0 Å². The number of hydrogen-bond donors (Lipinski definition) is 1. The van der Waals surface area contributed by atoms with Crippen LogP contribution in [0, 0.1) is 19.8 Å². The standard InChI is InChI=1S/C21H24ClN3O3/c1-4-5-23-18(27)9-14-8-17(26)20(21(14)28)19-12(2)6-16(7-13(19)3)25-11-15(22)10-24-25/h6-7,10-11,14,20H,4-5,8-9H2,1-3H3,(H,23,27). The van der Waals surface area contributed by atoms with Crippen molar-refractivity contribution < 1.29 is 14.4 Å². The Morgan fingerprint density at radius 1 is 1.29 bits per heavy atom. The Kier molecular flexibility index (Phi) is 5.98. The topological polar surface area (TPSA) is 81.1 Å². The Morgan fingerprint density at radius 2 is 1.96 bits per heavy atom. The molecule has 2 aromatic rings. The van der Waals surface area contributed by atoms with Crippen LogP contribution in [-0.2, 0) is 14.4 Å². The van der Waals surface area contributed by atoms with Crippen LogP contribution >= 0.6 is 11.6 Å². The summed E-state index contributed by atoms with van der Waals surface area (Å²) in [5.41, 5.74) is 3.27. The van der Waals surface area contributed by atoms with E-state index in [-0.39, 0.29) is 30.3 Å². The van der Waals surface area contributed by atoms with Crippen molar-refractivity contribution >= 4 is 29.1 Å². The number of amides is 1. The van der Waals surface area contributed by atoms with Crippen molar-refractivity contribution in [3.63, 3.8) is 0 Å². The molecule has 3 rings (SSSR count). The van der Waals surface area contributed by atoms with Gasteiger partial charge in [-0.05, 0) is 49.1 Å². The molecule has 1 saturated carbocycles. The molecule has 148 valence electrons. The van der Waals surface area contributed by atoms with Gasteiger partial charge in [0.25, 0.3) is 0 Å². The third kappa shape index (κ3) is 4.02. The zero-order valence-corrected chi connectivity index (χ0v) is 17.0. The van der Waals surface area contributed by atoms with Crippen LogP contribution in [0.15, 0.2) is 24.5 Å². The summed E-state index contributed by atoms with van der Waals surface area (Å²) in [4.78, 5) is 37.6. The Bertz CT molecular complexity index is 912. The van der Waals surface area contributed by atoms with Crippen molar-refractivity contribution in [1.82, 2.24) is 15.1 Å². The molecule has 6 nitrogen and oxygen atoms in total. The molecule has 0 bridgehead atoms. The maximum Gasteiger partial charge on any atom is 0.220 e. The van der Waals surface area contributed by atoms with E-state index >= 15 is 0 Å². The molecule has 1 fully saturated rings. The summed E-state index contributed by atoms with van der Waals surface area (Å²) in [5, 5.41) is 7.51. The van der Waals surface area contributed by atoms with Crippen LogP contribution in [0.2, 0.25) is 5.02 Å². The molecule has 0 saturated heterocycles. The Hall–Kier alpha value is -2.47. The predicted molar refractivity (Wildman–Crippen MR) is 107 cm³/mol. The van der Waals surface area contributed by atoms with E-state index in [1.54, 1.807) is 17.1 Å². The SMILES string of the molecule is CCCNC(=O)CC1CC(=O)C(c2c(C)cc(-n3cc(Cl)cn3)cc2C)C1=O. The Labute approximate surface area is 169 Å². The van der Waals surface area contributed by atoms with Crippen molar-refractivity contribution in [3.05, 3.63) is 46.2 Å². The number of Topliss-reactive ketones (excluding diaryl/α,β-unsaturated/α-hetero) is 2. The molecular weight excluding hydrogens is 378 g/mol. The molecule has 1 amide bonds. The van der Waals surface area contributed by atoms with Crippen molar-refractivity contribution in [1.29, 1.82) is 0 Å². The van der Waals surface area contributed by atoms with Gasteiger partial charge in [0.05, 0.1) is 16.9 Å². The molecule has 1 aromatic heterocycles. The summed E-state index contributed by atoms with van der Waals surface area (Å²) in [5.74, 6) is -1.78. The zero-order chi connectivity index (χ0) is 20.4. The Morgan fingerprint density at radius 3 is 2.54 bits per heavy atom. The molecule has 1 aliphatic carbocycles. The molecule has 1 aliphatic rings. The number of nitrogens with one attached hydrogen (secondary N) is 1. The fourth-order valence-electron chi connectivity index (χ4n) is 3.87. The van der Waals surface area contributed by atoms with Gasteiger partial charge in [-0.15, -0.1) is 0 Å². The lowest BCUT2D eigenvalue weighted by molar-refractivity contribution is -0.128. The fraction of sp³-hybridized carbons (Fsp3) is 0.429. The van der Waals surface area contributed by atoms with Gasteiger partial charge in [0.15, 0.2) is 5.78 Å². The predicted octanol–water partition coefficient (Wildman–Crippen LogP) is 3.30. The molecule has 1 heterocycles. The third-order valence-electron chi connectivity index (χ3n) is 5.14. The monoisotopic (exact) mass is 401 g/mol. The molecule has 1 aromatic carbocycles. The second-order valence-corrected chi connectivity index (χ2v) is 7.79. The van der Waals surface area contributed by atoms with Gasteiger partial charge < -0.3 is 5.32 Å². The molecule has 7 heteroatoms. The molecule has 0 aliphatic heterocycles. The second kappa shape index (κ2) is 8.27. The van der Waals surface area contributed by atoms with Gasteiger partial charge in [-0.3, -0.25) is 14.4 Å². The molecular formula is C21H24ClN3O3. The van der Waals surface area contributed by atoms with Crippen LogP contribution in [-0.4, -0.2) is 33.8 Å². The van der Waals surface area contributed by atoms with Gasteiger partial charge in [-0.2, -0.15) is 5.10 Å². The first-order valence-corrected chi connectivity index (χ1v) is 9.84. The van der Waals surface area contributed by atoms with Crippen LogP contribution in [0.1, 0.15) is 48.8 Å². The van der Waals surface area contributed by atoms with Gasteiger partial charge in [0.1, 0.15) is 11.7 Å². The number of aryl methyl sites for hydroxylation is 2. The number of nitrogens with zero attached hydrogens (tertiary/aromatic N) is 2. The van der Waals surface area contributed by atoms with Crippen molar-refractivity contribution in [2.45, 2.75) is 46.0 Å². The van der Waals surface area contributed by atoms with Crippen molar-refractivity contribution in [2.24, 2.45) is 5.92 Å².